The van der Waals surface area contributed by atoms with E-state index in [9.17, 15) is 4.79 Å². The van der Waals surface area contributed by atoms with Crippen molar-refractivity contribution in [2.75, 3.05) is 45.9 Å². The van der Waals surface area contributed by atoms with Crippen LogP contribution in [0.4, 0.5) is 0 Å². The number of carbonyl (C=O) groups is 1. The monoisotopic (exact) mass is 322 g/mol. The van der Waals surface area contributed by atoms with Gasteiger partial charge in [0.05, 0.1) is 19.8 Å². The summed E-state index contributed by atoms with van der Waals surface area (Å²) in [6.45, 7) is 9.17. The molecule has 0 bridgehead atoms. The Morgan fingerprint density at radius 2 is 1.87 bits per heavy atom. The minimum absolute atomic E-state index is 0.214. The second-order valence-corrected chi connectivity index (χ2v) is 6.68. The lowest BCUT2D eigenvalue weighted by Gasteiger charge is -2.33. The first-order valence-electron chi connectivity index (χ1n) is 8.54. The fourth-order valence-electron chi connectivity index (χ4n) is 3.09. The van der Waals surface area contributed by atoms with Crippen LogP contribution in [0, 0.1) is 0 Å². The Balaban J connectivity index is 1.47. The number of carbonyl (C=O) groups excluding carboxylic acids is 1. The van der Waals surface area contributed by atoms with Crippen LogP contribution in [0.2, 0.25) is 0 Å². The maximum absolute atomic E-state index is 12.3. The van der Waals surface area contributed by atoms with Gasteiger partial charge in [-0.05, 0) is 25.9 Å². The second kappa shape index (κ2) is 7.40. The number of nitrogens with zero attached hydrogens (tertiary/aromatic N) is 4. The number of piperidine rings is 1. The van der Waals surface area contributed by atoms with Crippen molar-refractivity contribution in [3.8, 4) is 0 Å². The predicted molar refractivity (Wildman–Crippen MR) is 84.2 cm³/mol. The lowest BCUT2D eigenvalue weighted by molar-refractivity contribution is -0.136. The largest absolute Gasteiger partial charge is 0.425 e. The highest BCUT2D eigenvalue weighted by Gasteiger charge is 2.27. The average Bonchev–Trinajstić information content (AvgIpc) is 3.07. The summed E-state index contributed by atoms with van der Waals surface area (Å²) in [6.07, 6.45) is 1.94. The molecule has 3 heterocycles. The van der Waals surface area contributed by atoms with E-state index in [1.807, 2.05) is 4.90 Å². The number of ether oxygens (including phenoxy) is 1. The summed E-state index contributed by atoms with van der Waals surface area (Å²) < 4.78 is 11.1. The topological polar surface area (TPSA) is 71.7 Å². The van der Waals surface area contributed by atoms with Crippen LogP contribution in [0.5, 0.6) is 0 Å². The molecule has 0 unspecified atom stereocenters. The summed E-state index contributed by atoms with van der Waals surface area (Å²) in [5, 5.41) is 8.31. The molecule has 128 valence electrons. The number of aromatic nitrogens is 2. The molecule has 1 aromatic heterocycles. The van der Waals surface area contributed by atoms with Crippen LogP contribution in [0.3, 0.4) is 0 Å². The van der Waals surface area contributed by atoms with Gasteiger partial charge in [0, 0.05) is 24.9 Å². The number of amides is 1. The van der Waals surface area contributed by atoms with Crippen LogP contribution >= 0.6 is 0 Å². The molecule has 0 atom stereocenters. The van der Waals surface area contributed by atoms with Gasteiger partial charge in [0.25, 0.3) is 0 Å². The van der Waals surface area contributed by atoms with E-state index in [-0.39, 0.29) is 11.8 Å². The van der Waals surface area contributed by atoms with Crippen LogP contribution < -0.4 is 0 Å². The zero-order chi connectivity index (χ0) is 16.2. The summed E-state index contributed by atoms with van der Waals surface area (Å²) in [6, 6.07) is 0. The third-order valence-electron chi connectivity index (χ3n) is 4.61. The van der Waals surface area contributed by atoms with E-state index >= 15 is 0 Å². The van der Waals surface area contributed by atoms with Gasteiger partial charge in [0.15, 0.2) is 0 Å². The molecule has 0 spiro atoms. The van der Waals surface area contributed by atoms with Crippen molar-refractivity contribution in [2.24, 2.45) is 0 Å². The molecule has 7 nitrogen and oxygen atoms in total. The minimum atomic E-state index is 0.214. The summed E-state index contributed by atoms with van der Waals surface area (Å²) in [4.78, 5) is 16.4. The number of rotatable bonds is 4. The SMILES string of the molecule is CC(C)c1nnc(C2CCN(CC(=O)N3CCOCC3)CC2)o1. The fourth-order valence-corrected chi connectivity index (χ4v) is 3.09. The third kappa shape index (κ3) is 4.09. The second-order valence-electron chi connectivity index (χ2n) is 6.68. The van der Waals surface area contributed by atoms with Gasteiger partial charge in [-0.2, -0.15) is 0 Å². The van der Waals surface area contributed by atoms with E-state index in [1.165, 1.54) is 0 Å². The molecule has 2 aliphatic rings. The van der Waals surface area contributed by atoms with E-state index in [2.05, 4.69) is 28.9 Å². The lowest BCUT2D eigenvalue weighted by Crippen LogP contribution is -2.47. The van der Waals surface area contributed by atoms with E-state index in [4.69, 9.17) is 9.15 Å². The quantitative estimate of drug-likeness (QED) is 0.830. The van der Waals surface area contributed by atoms with Gasteiger partial charge in [-0.15, -0.1) is 10.2 Å². The van der Waals surface area contributed by atoms with E-state index in [1.54, 1.807) is 0 Å². The maximum Gasteiger partial charge on any atom is 0.236 e. The van der Waals surface area contributed by atoms with Crippen molar-refractivity contribution < 1.29 is 13.9 Å². The molecule has 1 aromatic rings. The van der Waals surface area contributed by atoms with Crippen LogP contribution in [-0.4, -0.2) is 71.8 Å². The minimum Gasteiger partial charge on any atom is -0.425 e. The van der Waals surface area contributed by atoms with Crippen molar-refractivity contribution in [3.05, 3.63) is 11.8 Å². The number of hydrogen-bond acceptors (Lipinski definition) is 6. The van der Waals surface area contributed by atoms with Crippen molar-refractivity contribution in [1.29, 1.82) is 0 Å². The molecule has 1 amide bonds. The molecule has 0 radical (unpaired) electrons. The van der Waals surface area contributed by atoms with Crippen LogP contribution in [0.15, 0.2) is 4.42 Å². The van der Waals surface area contributed by atoms with Crippen molar-refractivity contribution >= 4 is 5.91 Å². The predicted octanol–water partition coefficient (Wildman–Crippen LogP) is 1.23. The molecule has 0 N–H and O–H groups in total. The average molecular weight is 322 g/mol. The Hall–Kier alpha value is -1.47. The first-order valence-corrected chi connectivity index (χ1v) is 8.54. The van der Waals surface area contributed by atoms with Crippen molar-refractivity contribution in [1.82, 2.24) is 20.0 Å². The summed E-state index contributed by atoms with van der Waals surface area (Å²) >= 11 is 0. The molecule has 2 aliphatic heterocycles. The normalized spacial score (nSPS) is 21.1. The van der Waals surface area contributed by atoms with E-state index in [0.717, 1.165) is 44.9 Å². The molecule has 2 fully saturated rings. The molecule has 23 heavy (non-hydrogen) atoms. The number of hydrogen-bond donors (Lipinski definition) is 0. The van der Waals surface area contributed by atoms with Gasteiger partial charge < -0.3 is 14.1 Å². The first kappa shape index (κ1) is 16.4. The Morgan fingerprint density at radius 1 is 1.17 bits per heavy atom. The molecule has 2 saturated heterocycles. The van der Waals surface area contributed by atoms with Gasteiger partial charge in [-0.3, -0.25) is 9.69 Å². The fraction of sp³-hybridized carbons (Fsp3) is 0.812. The zero-order valence-electron chi connectivity index (χ0n) is 14.0. The summed E-state index contributed by atoms with van der Waals surface area (Å²) in [7, 11) is 0. The standard InChI is InChI=1S/C16H26N4O3/c1-12(2)15-17-18-16(23-15)13-3-5-19(6-4-13)11-14(21)20-7-9-22-10-8-20/h12-13H,3-11H2,1-2H3. The smallest absolute Gasteiger partial charge is 0.236 e. The van der Waals surface area contributed by atoms with Crippen LogP contribution in [0.1, 0.15) is 50.3 Å². The molecular formula is C16H26N4O3. The Kier molecular flexibility index (Phi) is 5.27. The Morgan fingerprint density at radius 3 is 2.48 bits per heavy atom. The van der Waals surface area contributed by atoms with Gasteiger partial charge in [0.2, 0.25) is 17.7 Å². The molecule has 0 aromatic carbocycles. The van der Waals surface area contributed by atoms with Gasteiger partial charge in [0.1, 0.15) is 0 Å². The highest BCUT2D eigenvalue weighted by atomic mass is 16.5. The third-order valence-corrected chi connectivity index (χ3v) is 4.61. The zero-order valence-corrected chi connectivity index (χ0v) is 14.0. The molecule has 3 rings (SSSR count). The van der Waals surface area contributed by atoms with Gasteiger partial charge >= 0.3 is 0 Å². The summed E-state index contributed by atoms with van der Waals surface area (Å²) in [5.41, 5.74) is 0. The summed E-state index contributed by atoms with van der Waals surface area (Å²) in [5.74, 6) is 2.27. The number of morpholine rings is 1. The molecule has 0 aliphatic carbocycles. The van der Waals surface area contributed by atoms with Gasteiger partial charge in [-0.1, -0.05) is 13.8 Å². The maximum atomic E-state index is 12.3. The van der Waals surface area contributed by atoms with Crippen molar-refractivity contribution in [3.63, 3.8) is 0 Å². The molecule has 7 heteroatoms. The number of likely N-dealkylation sites (tertiary alicyclic amines) is 1. The van der Waals surface area contributed by atoms with Crippen LogP contribution in [-0.2, 0) is 9.53 Å². The van der Waals surface area contributed by atoms with Crippen LogP contribution in [0.25, 0.3) is 0 Å². The highest BCUT2D eigenvalue weighted by Crippen LogP contribution is 2.28. The Labute approximate surface area is 137 Å². The van der Waals surface area contributed by atoms with E-state index < -0.39 is 0 Å². The van der Waals surface area contributed by atoms with Crippen molar-refractivity contribution in [2.45, 2.75) is 38.5 Å². The Bertz CT molecular complexity index is 517. The molecular weight excluding hydrogens is 296 g/mol. The highest BCUT2D eigenvalue weighted by molar-refractivity contribution is 5.78. The van der Waals surface area contributed by atoms with Gasteiger partial charge in [-0.25, -0.2) is 0 Å². The van der Waals surface area contributed by atoms with E-state index in [0.29, 0.717) is 31.6 Å². The first-order chi connectivity index (χ1) is 11.1. The molecule has 0 saturated carbocycles. The lowest BCUT2D eigenvalue weighted by atomic mass is 9.97.